The van der Waals surface area contributed by atoms with Crippen molar-refractivity contribution < 1.29 is 19.1 Å². The lowest BCUT2D eigenvalue weighted by molar-refractivity contribution is -0.121. The molecule has 3 aliphatic rings. The SMILES string of the molecule is CC(C)c1ccc(C(=O)OC2C3CCC(CC3)C2OC(=O)c2ccc(C(C)C)cc2)cc1. The van der Waals surface area contributed by atoms with Crippen molar-refractivity contribution in [3.63, 3.8) is 0 Å². The van der Waals surface area contributed by atoms with Crippen molar-refractivity contribution in [2.75, 3.05) is 0 Å². The van der Waals surface area contributed by atoms with Gasteiger partial charge in [0.15, 0.2) is 0 Å². The van der Waals surface area contributed by atoms with Crippen LogP contribution in [0.25, 0.3) is 0 Å². The average Bonchev–Trinajstić information content (AvgIpc) is 2.81. The van der Waals surface area contributed by atoms with Crippen molar-refractivity contribution in [1.29, 1.82) is 0 Å². The summed E-state index contributed by atoms with van der Waals surface area (Å²) in [6.07, 6.45) is 3.33. The Hall–Kier alpha value is -2.62. The van der Waals surface area contributed by atoms with Crippen LogP contribution in [0.2, 0.25) is 0 Å². The number of esters is 2. The molecule has 0 aliphatic heterocycles. The van der Waals surface area contributed by atoms with Gasteiger partial charge in [-0.1, -0.05) is 52.0 Å². The van der Waals surface area contributed by atoms with Crippen molar-refractivity contribution in [2.45, 2.75) is 77.4 Å². The van der Waals surface area contributed by atoms with E-state index >= 15 is 0 Å². The predicted molar refractivity (Wildman–Crippen MR) is 125 cm³/mol. The van der Waals surface area contributed by atoms with E-state index in [1.54, 1.807) is 0 Å². The largest absolute Gasteiger partial charge is 0.455 e. The summed E-state index contributed by atoms with van der Waals surface area (Å²) >= 11 is 0. The van der Waals surface area contributed by atoms with Gasteiger partial charge in [-0.25, -0.2) is 9.59 Å². The molecule has 2 bridgehead atoms. The molecule has 170 valence electrons. The Bertz CT molecular complexity index is 855. The smallest absolute Gasteiger partial charge is 0.338 e. The second-order valence-electron chi connectivity index (χ2n) is 9.97. The van der Waals surface area contributed by atoms with Crippen LogP contribution in [0, 0.1) is 11.8 Å². The molecule has 3 fully saturated rings. The number of hydrogen-bond donors (Lipinski definition) is 0. The summed E-state index contributed by atoms with van der Waals surface area (Å²) in [7, 11) is 0. The lowest BCUT2D eigenvalue weighted by atomic mass is 9.67. The highest BCUT2D eigenvalue weighted by molar-refractivity contribution is 5.90. The lowest BCUT2D eigenvalue weighted by Crippen LogP contribution is -2.52. The first kappa shape index (κ1) is 22.6. The Labute approximate surface area is 191 Å². The van der Waals surface area contributed by atoms with Gasteiger partial charge in [0.25, 0.3) is 0 Å². The fraction of sp³-hybridized carbons (Fsp3) is 0.500. The van der Waals surface area contributed by atoms with Gasteiger partial charge in [-0.15, -0.1) is 0 Å². The second kappa shape index (κ2) is 9.48. The van der Waals surface area contributed by atoms with Gasteiger partial charge in [0, 0.05) is 0 Å². The highest BCUT2D eigenvalue weighted by atomic mass is 16.6. The van der Waals surface area contributed by atoms with Crippen molar-refractivity contribution >= 4 is 11.9 Å². The van der Waals surface area contributed by atoms with Crippen molar-refractivity contribution in [3.8, 4) is 0 Å². The van der Waals surface area contributed by atoms with Crippen LogP contribution >= 0.6 is 0 Å². The van der Waals surface area contributed by atoms with Gasteiger partial charge in [0.05, 0.1) is 11.1 Å². The number of rotatable bonds is 6. The molecule has 2 aromatic carbocycles. The Kier molecular flexibility index (Phi) is 6.68. The zero-order valence-electron chi connectivity index (χ0n) is 19.5. The summed E-state index contributed by atoms with van der Waals surface area (Å²) in [5.41, 5.74) is 3.47. The normalized spacial score (nSPS) is 24.6. The molecule has 5 rings (SSSR count). The minimum absolute atomic E-state index is 0.250. The molecule has 4 heteroatoms. The highest BCUT2D eigenvalue weighted by Crippen LogP contribution is 2.44. The zero-order valence-corrected chi connectivity index (χ0v) is 19.5. The van der Waals surface area contributed by atoms with Crippen LogP contribution in [0.3, 0.4) is 0 Å². The quantitative estimate of drug-likeness (QED) is 0.487. The molecule has 0 radical (unpaired) electrons. The maximum Gasteiger partial charge on any atom is 0.338 e. The Morgan fingerprint density at radius 1 is 0.625 bits per heavy atom. The van der Waals surface area contributed by atoms with Crippen LogP contribution in [0.15, 0.2) is 48.5 Å². The summed E-state index contributed by atoms with van der Waals surface area (Å²) in [6.45, 7) is 8.51. The topological polar surface area (TPSA) is 52.6 Å². The van der Waals surface area contributed by atoms with E-state index in [1.165, 1.54) is 11.1 Å². The van der Waals surface area contributed by atoms with Gasteiger partial charge in [0.2, 0.25) is 0 Å². The van der Waals surface area contributed by atoms with Gasteiger partial charge in [-0.2, -0.15) is 0 Å². The zero-order chi connectivity index (χ0) is 22.8. The predicted octanol–water partition coefficient (Wildman–Crippen LogP) is 6.50. The summed E-state index contributed by atoms with van der Waals surface area (Å²) in [6, 6.07) is 15.2. The molecule has 32 heavy (non-hydrogen) atoms. The molecule has 2 atom stereocenters. The van der Waals surface area contributed by atoms with Crippen LogP contribution in [-0.4, -0.2) is 24.1 Å². The van der Waals surface area contributed by atoms with Crippen LogP contribution in [0.1, 0.15) is 97.1 Å². The number of fused-ring (bicyclic) bond motifs is 3. The summed E-state index contributed by atoms with van der Waals surface area (Å²) < 4.78 is 12.0. The fourth-order valence-corrected chi connectivity index (χ4v) is 5.06. The number of ether oxygens (including phenoxy) is 2. The van der Waals surface area contributed by atoms with Crippen LogP contribution in [0.5, 0.6) is 0 Å². The Morgan fingerprint density at radius 3 is 1.22 bits per heavy atom. The van der Waals surface area contributed by atoms with Crippen molar-refractivity contribution in [3.05, 3.63) is 70.8 Å². The average molecular weight is 435 g/mol. The molecule has 3 saturated carbocycles. The summed E-state index contributed by atoms with van der Waals surface area (Å²) in [5.74, 6) is 0.653. The van der Waals surface area contributed by atoms with Gasteiger partial charge in [-0.05, 0) is 84.7 Å². The number of hydrogen-bond acceptors (Lipinski definition) is 4. The van der Waals surface area contributed by atoms with E-state index in [0.29, 0.717) is 23.0 Å². The summed E-state index contributed by atoms with van der Waals surface area (Å²) in [5, 5.41) is 0. The molecule has 2 unspecified atom stereocenters. The molecule has 4 nitrogen and oxygen atoms in total. The van der Waals surface area contributed by atoms with E-state index in [-0.39, 0.29) is 36.0 Å². The standard InChI is InChI=1S/C28H34O4/c1-17(2)19-5-13-23(14-6-19)27(29)31-25-21-9-11-22(12-10-21)26(25)32-28(30)24-15-7-20(8-16-24)18(3)4/h5-8,13-18,21-22,25-26H,9-12H2,1-4H3. The molecule has 0 saturated heterocycles. The molecule has 0 aromatic heterocycles. The maximum absolute atomic E-state index is 12.9. The second-order valence-corrected chi connectivity index (χ2v) is 9.97. The molecule has 0 N–H and O–H groups in total. The first-order valence-corrected chi connectivity index (χ1v) is 12.0. The van der Waals surface area contributed by atoms with Gasteiger partial charge in [-0.3, -0.25) is 0 Å². The third kappa shape index (κ3) is 4.74. The molecular weight excluding hydrogens is 400 g/mol. The number of benzene rings is 2. The molecule has 0 spiro atoms. The molecular formula is C28H34O4. The third-order valence-corrected chi connectivity index (χ3v) is 7.18. The van der Waals surface area contributed by atoms with Crippen molar-refractivity contribution in [1.82, 2.24) is 0 Å². The van der Waals surface area contributed by atoms with E-state index in [0.717, 1.165) is 25.7 Å². The lowest BCUT2D eigenvalue weighted by Gasteiger charge is -2.46. The molecule has 0 heterocycles. The van der Waals surface area contributed by atoms with E-state index in [9.17, 15) is 9.59 Å². The Balaban J connectivity index is 1.47. The van der Waals surface area contributed by atoms with Gasteiger partial charge in [0.1, 0.15) is 12.2 Å². The van der Waals surface area contributed by atoms with Gasteiger partial charge >= 0.3 is 11.9 Å². The highest BCUT2D eigenvalue weighted by Gasteiger charge is 2.48. The van der Waals surface area contributed by atoms with Gasteiger partial charge < -0.3 is 9.47 Å². The molecule has 2 aromatic rings. The van der Waals surface area contributed by atoms with Crippen molar-refractivity contribution in [2.24, 2.45) is 11.8 Å². The van der Waals surface area contributed by atoms with E-state index in [1.807, 2.05) is 48.5 Å². The molecule has 3 aliphatic carbocycles. The fourth-order valence-electron chi connectivity index (χ4n) is 5.06. The third-order valence-electron chi connectivity index (χ3n) is 7.18. The van der Waals surface area contributed by atoms with E-state index in [4.69, 9.17) is 9.47 Å². The number of carbonyl (C=O) groups excluding carboxylic acids is 2. The maximum atomic E-state index is 12.9. The van der Waals surface area contributed by atoms with E-state index in [2.05, 4.69) is 27.7 Å². The van der Waals surface area contributed by atoms with Crippen LogP contribution in [0.4, 0.5) is 0 Å². The van der Waals surface area contributed by atoms with E-state index < -0.39 is 0 Å². The minimum atomic E-state index is -0.376. The molecule has 0 amide bonds. The summed E-state index contributed by atoms with van der Waals surface area (Å²) in [4.78, 5) is 25.8. The van der Waals surface area contributed by atoms with Crippen LogP contribution < -0.4 is 0 Å². The van der Waals surface area contributed by atoms with Crippen LogP contribution in [-0.2, 0) is 9.47 Å². The Morgan fingerprint density at radius 2 is 0.938 bits per heavy atom. The minimum Gasteiger partial charge on any atom is -0.455 e. The monoisotopic (exact) mass is 434 g/mol. The first-order valence-electron chi connectivity index (χ1n) is 12.0. The first-order chi connectivity index (χ1) is 15.3. The number of carbonyl (C=O) groups is 2.